The van der Waals surface area contributed by atoms with Crippen LogP contribution in [0, 0.1) is 19.8 Å². The van der Waals surface area contributed by atoms with Gasteiger partial charge in [0.25, 0.3) is 0 Å². The summed E-state index contributed by atoms with van der Waals surface area (Å²) in [5.74, 6) is 0.164. The second-order valence-corrected chi connectivity index (χ2v) is 6.49. The molecule has 1 unspecified atom stereocenters. The minimum atomic E-state index is -3.54. The predicted octanol–water partition coefficient (Wildman–Crippen LogP) is 1.10. The molecule has 0 spiro atoms. The third kappa shape index (κ3) is 4.29. The standard InChI is InChI=1S/C12H23N3O3S/c1-4-5-11(6-7-16)8-13-19(17,18)12-9(2)14-15-10(12)3/h11,13,16H,4-8H2,1-3H3,(H,14,15). The minimum Gasteiger partial charge on any atom is -0.396 e. The highest BCUT2D eigenvalue weighted by Gasteiger charge is 2.22. The molecule has 7 heteroatoms. The Bertz CT molecular complexity index is 471. The highest BCUT2D eigenvalue weighted by molar-refractivity contribution is 7.89. The van der Waals surface area contributed by atoms with Gasteiger partial charge in [0.2, 0.25) is 10.0 Å². The van der Waals surface area contributed by atoms with E-state index in [1.165, 1.54) is 0 Å². The lowest BCUT2D eigenvalue weighted by molar-refractivity contribution is 0.251. The summed E-state index contributed by atoms with van der Waals surface area (Å²) in [6, 6.07) is 0. The van der Waals surface area contributed by atoms with Crippen LogP contribution < -0.4 is 4.72 Å². The normalized spacial score (nSPS) is 13.7. The van der Waals surface area contributed by atoms with Gasteiger partial charge in [-0.05, 0) is 32.6 Å². The van der Waals surface area contributed by atoms with Gasteiger partial charge in [-0.3, -0.25) is 5.10 Å². The molecule has 1 aromatic rings. The number of nitrogens with zero attached hydrogens (tertiary/aromatic N) is 1. The van der Waals surface area contributed by atoms with Crippen molar-refractivity contribution in [3.8, 4) is 0 Å². The van der Waals surface area contributed by atoms with Gasteiger partial charge in [0, 0.05) is 13.2 Å². The largest absolute Gasteiger partial charge is 0.396 e. The zero-order valence-electron chi connectivity index (χ0n) is 11.7. The molecule has 0 amide bonds. The van der Waals surface area contributed by atoms with Crippen molar-refractivity contribution in [3.05, 3.63) is 11.4 Å². The summed E-state index contributed by atoms with van der Waals surface area (Å²) in [7, 11) is -3.54. The third-order valence-corrected chi connectivity index (χ3v) is 4.81. The monoisotopic (exact) mass is 289 g/mol. The smallest absolute Gasteiger partial charge is 0.244 e. The number of H-pyrrole nitrogens is 1. The van der Waals surface area contributed by atoms with Crippen LogP contribution in [0.2, 0.25) is 0 Å². The Kier molecular flexibility index (Phi) is 5.96. The summed E-state index contributed by atoms with van der Waals surface area (Å²) >= 11 is 0. The Morgan fingerprint density at radius 2 is 2.05 bits per heavy atom. The fraction of sp³-hybridized carbons (Fsp3) is 0.750. The molecule has 1 atom stereocenters. The zero-order chi connectivity index (χ0) is 14.5. The van der Waals surface area contributed by atoms with Gasteiger partial charge in [0.1, 0.15) is 4.90 Å². The van der Waals surface area contributed by atoms with Gasteiger partial charge in [-0.2, -0.15) is 5.10 Å². The van der Waals surface area contributed by atoms with Gasteiger partial charge in [-0.15, -0.1) is 0 Å². The number of aromatic amines is 1. The van der Waals surface area contributed by atoms with E-state index in [4.69, 9.17) is 5.11 Å². The van der Waals surface area contributed by atoms with Gasteiger partial charge in [-0.25, -0.2) is 13.1 Å². The predicted molar refractivity (Wildman–Crippen MR) is 73.4 cm³/mol. The molecule has 6 nitrogen and oxygen atoms in total. The van der Waals surface area contributed by atoms with Crippen molar-refractivity contribution in [3.63, 3.8) is 0 Å². The van der Waals surface area contributed by atoms with Gasteiger partial charge < -0.3 is 5.11 Å². The van der Waals surface area contributed by atoms with Crippen molar-refractivity contribution in [2.24, 2.45) is 5.92 Å². The maximum Gasteiger partial charge on any atom is 0.244 e. The quantitative estimate of drug-likeness (QED) is 0.668. The summed E-state index contributed by atoms with van der Waals surface area (Å²) < 4.78 is 27.0. The van der Waals surface area contributed by atoms with E-state index in [2.05, 4.69) is 14.9 Å². The molecule has 1 aromatic heterocycles. The van der Waals surface area contributed by atoms with E-state index in [-0.39, 0.29) is 17.4 Å². The molecule has 1 heterocycles. The lowest BCUT2D eigenvalue weighted by atomic mass is 10.0. The number of aromatic nitrogens is 2. The average Bonchev–Trinajstić information content (AvgIpc) is 2.67. The van der Waals surface area contributed by atoms with Crippen molar-refractivity contribution >= 4 is 10.0 Å². The second-order valence-electron chi connectivity index (χ2n) is 4.78. The lowest BCUT2D eigenvalue weighted by Gasteiger charge is -2.15. The van der Waals surface area contributed by atoms with E-state index in [9.17, 15) is 8.42 Å². The number of aryl methyl sites for hydroxylation is 2. The lowest BCUT2D eigenvalue weighted by Crippen LogP contribution is -2.30. The topological polar surface area (TPSA) is 95.1 Å². The number of aliphatic hydroxyl groups excluding tert-OH is 1. The molecule has 0 radical (unpaired) electrons. The molecule has 0 fully saturated rings. The maximum absolute atomic E-state index is 12.2. The zero-order valence-corrected chi connectivity index (χ0v) is 12.5. The molecule has 0 saturated heterocycles. The Morgan fingerprint density at radius 3 is 2.53 bits per heavy atom. The minimum absolute atomic E-state index is 0.0795. The van der Waals surface area contributed by atoms with Gasteiger partial charge in [-0.1, -0.05) is 13.3 Å². The summed E-state index contributed by atoms with van der Waals surface area (Å²) in [6.45, 7) is 5.82. The summed E-state index contributed by atoms with van der Waals surface area (Å²) in [5, 5.41) is 15.5. The molecular formula is C12H23N3O3S. The van der Waals surface area contributed by atoms with Gasteiger partial charge >= 0.3 is 0 Å². The first kappa shape index (κ1) is 16.1. The van der Waals surface area contributed by atoms with Crippen LogP contribution in [0.5, 0.6) is 0 Å². The Balaban J connectivity index is 2.75. The number of hydrogen-bond donors (Lipinski definition) is 3. The Morgan fingerprint density at radius 1 is 1.37 bits per heavy atom. The third-order valence-electron chi connectivity index (χ3n) is 3.13. The summed E-state index contributed by atoms with van der Waals surface area (Å²) in [6.07, 6.45) is 2.47. The fourth-order valence-corrected chi connectivity index (χ4v) is 3.66. The van der Waals surface area contributed by atoms with E-state index >= 15 is 0 Å². The van der Waals surface area contributed by atoms with Crippen LogP contribution in [-0.4, -0.2) is 36.9 Å². The molecule has 0 aliphatic heterocycles. The van der Waals surface area contributed by atoms with E-state index in [0.29, 0.717) is 24.4 Å². The first-order valence-electron chi connectivity index (χ1n) is 6.54. The van der Waals surface area contributed by atoms with Gasteiger partial charge in [0.15, 0.2) is 0 Å². The van der Waals surface area contributed by atoms with E-state index in [0.717, 1.165) is 12.8 Å². The maximum atomic E-state index is 12.2. The number of nitrogens with one attached hydrogen (secondary N) is 2. The van der Waals surface area contributed by atoms with Crippen LogP contribution in [0.1, 0.15) is 37.6 Å². The molecular weight excluding hydrogens is 266 g/mol. The second kappa shape index (κ2) is 7.02. The fourth-order valence-electron chi connectivity index (χ4n) is 2.18. The van der Waals surface area contributed by atoms with E-state index in [1.54, 1.807) is 13.8 Å². The molecule has 1 rings (SSSR count). The molecule has 0 bridgehead atoms. The van der Waals surface area contributed by atoms with E-state index in [1.807, 2.05) is 6.92 Å². The average molecular weight is 289 g/mol. The van der Waals surface area contributed by atoms with Crippen LogP contribution in [-0.2, 0) is 10.0 Å². The van der Waals surface area contributed by atoms with Crippen molar-refractivity contribution in [2.45, 2.75) is 44.9 Å². The SMILES string of the molecule is CCCC(CCO)CNS(=O)(=O)c1c(C)n[nH]c1C. The number of aliphatic hydroxyl groups is 1. The highest BCUT2D eigenvalue weighted by Crippen LogP contribution is 2.17. The van der Waals surface area contributed by atoms with Crippen molar-refractivity contribution in [1.82, 2.24) is 14.9 Å². The van der Waals surface area contributed by atoms with Crippen LogP contribution >= 0.6 is 0 Å². The Labute approximate surface area is 114 Å². The van der Waals surface area contributed by atoms with Gasteiger partial charge in [0.05, 0.1) is 11.4 Å². The van der Waals surface area contributed by atoms with Crippen molar-refractivity contribution < 1.29 is 13.5 Å². The van der Waals surface area contributed by atoms with Crippen molar-refractivity contribution in [1.29, 1.82) is 0 Å². The van der Waals surface area contributed by atoms with Crippen molar-refractivity contribution in [2.75, 3.05) is 13.2 Å². The van der Waals surface area contributed by atoms with Crippen LogP contribution in [0.15, 0.2) is 4.90 Å². The summed E-state index contributed by atoms with van der Waals surface area (Å²) in [5.41, 5.74) is 1.01. The highest BCUT2D eigenvalue weighted by atomic mass is 32.2. The number of sulfonamides is 1. The molecule has 19 heavy (non-hydrogen) atoms. The molecule has 0 aliphatic rings. The molecule has 0 aromatic carbocycles. The van der Waals surface area contributed by atoms with Crippen LogP contribution in [0.4, 0.5) is 0 Å². The first-order valence-corrected chi connectivity index (χ1v) is 8.02. The summed E-state index contributed by atoms with van der Waals surface area (Å²) in [4.78, 5) is 0.228. The molecule has 0 aliphatic carbocycles. The Hall–Kier alpha value is -0.920. The molecule has 110 valence electrons. The first-order chi connectivity index (χ1) is 8.92. The van der Waals surface area contributed by atoms with Crippen LogP contribution in [0.25, 0.3) is 0 Å². The van der Waals surface area contributed by atoms with Crippen LogP contribution in [0.3, 0.4) is 0 Å². The van der Waals surface area contributed by atoms with E-state index < -0.39 is 10.0 Å². The number of hydrogen-bond acceptors (Lipinski definition) is 4. The molecule has 0 saturated carbocycles. The number of rotatable bonds is 8. The molecule has 3 N–H and O–H groups in total.